The van der Waals surface area contributed by atoms with Crippen molar-refractivity contribution in [2.45, 2.75) is 19.7 Å². The first kappa shape index (κ1) is 16.0. The number of rotatable bonds is 2. The fourth-order valence-corrected chi connectivity index (χ4v) is 2.71. The predicted octanol–water partition coefficient (Wildman–Crippen LogP) is 5.08. The first-order valence-corrected chi connectivity index (χ1v) is 7.47. The highest BCUT2D eigenvalue weighted by atomic mass is 79.9. The maximum atomic E-state index is 13.2. The molecule has 0 amide bonds. The maximum Gasteiger partial charge on any atom is 0.420 e. The molecule has 0 bridgehead atoms. The minimum absolute atomic E-state index is 0.0678. The summed E-state index contributed by atoms with van der Waals surface area (Å²) in [5.74, 6) is 0.111. The first-order valence-electron chi connectivity index (χ1n) is 6.68. The van der Waals surface area contributed by atoms with Gasteiger partial charge in [-0.2, -0.15) is 13.2 Å². The Hall–Kier alpha value is -1.86. The van der Waals surface area contributed by atoms with Gasteiger partial charge in [0.1, 0.15) is 11.1 Å². The molecule has 120 valence electrons. The standard InChI is InChI=1S/C16H11BrF3NO2/c1-8-10(3-2-4-12(8)17)15-21-13-6-9(7-22)5-11(14(13)23-15)16(18,19)20/h2-6,22H,7H2,1H3. The molecule has 1 heterocycles. The van der Waals surface area contributed by atoms with Crippen LogP contribution in [0, 0.1) is 6.92 Å². The molecule has 1 aromatic heterocycles. The Labute approximate surface area is 137 Å². The Morgan fingerprint density at radius 2 is 2.00 bits per heavy atom. The quantitative estimate of drug-likeness (QED) is 0.669. The van der Waals surface area contributed by atoms with Gasteiger partial charge in [0.25, 0.3) is 0 Å². The molecule has 0 aliphatic heterocycles. The number of hydrogen-bond acceptors (Lipinski definition) is 3. The molecule has 0 spiro atoms. The van der Waals surface area contributed by atoms with Crippen molar-refractivity contribution in [2.24, 2.45) is 0 Å². The molecule has 0 unspecified atom stereocenters. The van der Waals surface area contributed by atoms with E-state index in [9.17, 15) is 13.2 Å². The van der Waals surface area contributed by atoms with Crippen LogP contribution < -0.4 is 0 Å². The van der Waals surface area contributed by atoms with Gasteiger partial charge in [0.2, 0.25) is 5.89 Å². The molecule has 0 aliphatic rings. The van der Waals surface area contributed by atoms with Crippen LogP contribution in [0.25, 0.3) is 22.6 Å². The predicted molar refractivity (Wildman–Crippen MR) is 82.8 cm³/mol. The van der Waals surface area contributed by atoms with Crippen LogP contribution >= 0.6 is 15.9 Å². The molecular weight excluding hydrogens is 375 g/mol. The monoisotopic (exact) mass is 385 g/mol. The third-order valence-corrected chi connectivity index (χ3v) is 4.40. The number of oxazole rings is 1. The van der Waals surface area contributed by atoms with E-state index in [1.165, 1.54) is 6.07 Å². The van der Waals surface area contributed by atoms with E-state index in [0.717, 1.165) is 16.1 Å². The van der Waals surface area contributed by atoms with Crippen molar-refractivity contribution in [1.29, 1.82) is 0 Å². The van der Waals surface area contributed by atoms with E-state index in [-0.39, 0.29) is 22.6 Å². The summed E-state index contributed by atoms with van der Waals surface area (Å²) < 4.78 is 45.9. The van der Waals surface area contributed by atoms with Crippen molar-refractivity contribution in [1.82, 2.24) is 4.98 Å². The van der Waals surface area contributed by atoms with Gasteiger partial charge in [-0.05, 0) is 42.3 Å². The molecule has 3 nitrogen and oxygen atoms in total. The molecule has 0 aliphatic carbocycles. The zero-order valence-corrected chi connectivity index (χ0v) is 13.5. The number of hydrogen-bond donors (Lipinski definition) is 1. The highest BCUT2D eigenvalue weighted by molar-refractivity contribution is 9.10. The van der Waals surface area contributed by atoms with Crippen LogP contribution in [-0.4, -0.2) is 10.1 Å². The van der Waals surface area contributed by atoms with Crippen molar-refractivity contribution >= 4 is 27.0 Å². The van der Waals surface area contributed by atoms with Crippen LogP contribution in [0.15, 0.2) is 39.2 Å². The summed E-state index contributed by atoms with van der Waals surface area (Å²) in [6.07, 6.45) is -4.59. The smallest absolute Gasteiger partial charge is 0.420 e. The lowest BCUT2D eigenvalue weighted by atomic mass is 10.1. The topological polar surface area (TPSA) is 46.3 Å². The molecule has 0 saturated heterocycles. The first-order chi connectivity index (χ1) is 10.8. The summed E-state index contributed by atoms with van der Waals surface area (Å²) in [6.45, 7) is 1.31. The van der Waals surface area contributed by atoms with E-state index in [0.29, 0.717) is 5.56 Å². The normalized spacial score (nSPS) is 12.1. The highest BCUT2D eigenvalue weighted by Crippen LogP contribution is 2.38. The van der Waals surface area contributed by atoms with Gasteiger partial charge >= 0.3 is 6.18 Å². The number of fused-ring (bicyclic) bond motifs is 1. The summed E-state index contributed by atoms with van der Waals surface area (Å²) >= 11 is 3.37. The zero-order valence-electron chi connectivity index (χ0n) is 11.9. The van der Waals surface area contributed by atoms with E-state index in [1.54, 1.807) is 12.1 Å². The second-order valence-corrected chi connectivity index (χ2v) is 5.93. The number of aromatic nitrogens is 1. The second kappa shape index (κ2) is 5.65. The van der Waals surface area contributed by atoms with Gasteiger partial charge in [0, 0.05) is 10.0 Å². The molecule has 23 heavy (non-hydrogen) atoms. The number of aliphatic hydroxyl groups excluding tert-OH is 1. The van der Waals surface area contributed by atoms with Gasteiger partial charge in [0.05, 0.1) is 6.61 Å². The maximum absolute atomic E-state index is 13.2. The van der Waals surface area contributed by atoms with Crippen molar-refractivity contribution in [3.8, 4) is 11.5 Å². The average Bonchev–Trinajstić information content (AvgIpc) is 2.91. The molecule has 3 rings (SSSR count). The molecular formula is C16H11BrF3NO2. The number of benzene rings is 2. The van der Waals surface area contributed by atoms with Crippen LogP contribution in [-0.2, 0) is 12.8 Å². The number of aliphatic hydroxyl groups is 1. The fraction of sp³-hybridized carbons (Fsp3) is 0.188. The lowest BCUT2D eigenvalue weighted by Crippen LogP contribution is -2.06. The SMILES string of the molecule is Cc1c(Br)cccc1-c1nc2cc(CO)cc(C(F)(F)F)c2o1. The van der Waals surface area contributed by atoms with E-state index in [2.05, 4.69) is 20.9 Å². The molecule has 0 atom stereocenters. The molecule has 2 aromatic carbocycles. The Bertz CT molecular complexity index is 887. The third-order valence-electron chi connectivity index (χ3n) is 3.54. The molecule has 7 heteroatoms. The minimum Gasteiger partial charge on any atom is -0.435 e. The van der Waals surface area contributed by atoms with Crippen LogP contribution in [0.4, 0.5) is 13.2 Å². The van der Waals surface area contributed by atoms with E-state index in [4.69, 9.17) is 9.52 Å². The third kappa shape index (κ3) is 2.86. The summed E-state index contributed by atoms with van der Waals surface area (Å²) in [5, 5.41) is 9.16. The van der Waals surface area contributed by atoms with Crippen LogP contribution in [0.5, 0.6) is 0 Å². The molecule has 0 fully saturated rings. The average molecular weight is 386 g/mol. The zero-order chi connectivity index (χ0) is 16.8. The van der Waals surface area contributed by atoms with Crippen LogP contribution in [0.2, 0.25) is 0 Å². The Morgan fingerprint density at radius 3 is 2.65 bits per heavy atom. The number of alkyl halides is 3. The van der Waals surface area contributed by atoms with Crippen LogP contribution in [0.1, 0.15) is 16.7 Å². The van der Waals surface area contributed by atoms with E-state index < -0.39 is 18.3 Å². The molecule has 0 radical (unpaired) electrons. The lowest BCUT2D eigenvalue weighted by Gasteiger charge is -2.08. The summed E-state index contributed by atoms with van der Waals surface area (Å²) in [5.41, 5.74) is 0.354. The van der Waals surface area contributed by atoms with Crippen molar-refractivity contribution < 1.29 is 22.7 Å². The number of halogens is 4. The van der Waals surface area contributed by atoms with Crippen molar-refractivity contribution in [3.63, 3.8) is 0 Å². The largest absolute Gasteiger partial charge is 0.435 e. The highest BCUT2D eigenvalue weighted by Gasteiger charge is 2.35. The van der Waals surface area contributed by atoms with Gasteiger partial charge < -0.3 is 9.52 Å². The molecule has 1 N–H and O–H groups in total. The van der Waals surface area contributed by atoms with Crippen molar-refractivity contribution in [2.75, 3.05) is 0 Å². The Kier molecular flexibility index (Phi) is 3.93. The van der Waals surface area contributed by atoms with Gasteiger partial charge in [0.15, 0.2) is 5.58 Å². The van der Waals surface area contributed by atoms with Gasteiger partial charge in [-0.15, -0.1) is 0 Å². The summed E-state index contributed by atoms with van der Waals surface area (Å²) in [4.78, 5) is 4.17. The van der Waals surface area contributed by atoms with E-state index >= 15 is 0 Å². The van der Waals surface area contributed by atoms with Crippen LogP contribution in [0.3, 0.4) is 0 Å². The Morgan fingerprint density at radius 1 is 1.26 bits per heavy atom. The second-order valence-electron chi connectivity index (χ2n) is 5.08. The number of nitrogens with zero attached hydrogens (tertiary/aromatic N) is 1. The minimum atomic E-state index is -4.59. The van der Waals surface area contributed by atoms with Crippen molar-refractivity contribution in [3.05, 3.63) is 51.5 Å². The fourth-order valence-electron chi connectivity index (χ4n) is 2.35. The summed E-state index contributed by atoms with van der Waals surface area (Å²) in [6, 6.07) is 7.58. The molecule has 0 saturated carbocycles. The lowest BCUT2D eigenvalue weighted by molar-refractivity contribution is -0.136. The Balaban J connectivity index is 2.28. The van der Waals surface area contributed by atoms with Gasteiger partial charge in [-0.1, -0.05) is 22.0 Å². The van der Waals surface area contributed by atoms with Gasteiger partial charge in [-0.3, -0.25) is 0 Å². The molecule has 3 aromatic rings. The van der Waals surface area contributed by atoms with E-state index in [1.807, 2.05) is 13.0 Å². The summed E-state index contributed by atoms with van der Waals surface area (Å²) in [7, 11) is 0. The van der Waals surface area contributed by atoms with Gasteiger partial charge in [-0.25, -0.2) is 4.98 Å².